The second-order valence-corrected chi connectivity index (χ2v) is 19.8. The predicted molar refractivity (Wildman–Crippen MR) is 259 cm³/mol. The summed E-state index contributed by atoms with van der Waals surface area (Å²) in [6, 6.07) is 0. The number of epoxide rings is 1. The number of unbranched alkanes of at least 4 members (excludes halogenated alkanes) is 11. The highest BCUT2D eigenvalue weighted by molar-refractivity contribution is 7.47. The van der Waals surface area contributed by atoms with Gasteiger partial charge in [-0.15, -0.1) is 0 Å². The number of ether oxygens (including phenoxy) is 3. The molecule has 0 spiro atoms. The Bertz CT molecular complexity index is 1660. The Morgan fingerprint density at radius 3 is 1.54 bits per heavy atom. The normalized spacial score (nSPS) is 24.8. The van der Waals surface area contributed by atoms with Crippen molar-refractivity contribution in [1.82, 2.24) is 0 Å². The third kappa shape index (κ3) is 29.6. The van der Waals surface area contributed by atoms with Gasteiger partial charge in [-0.05, 0) is 89.9 Å². The molecule has 0 radical (unpaired) electrons. The first-order valence-corrected chi connectivity index (χ1v) is 27.6. The molecule has 1 heterocycles. The van der Waals surface area contributed by atoms with Crippen LogP contribution in [0.15, 0.2) is 72.9 Å². The second kappa shape index (κ2) is 36.3. The molecule has 1 aliphatic heterocycles. The van der Waals surface area contributed by atoms with E-state index in [-0.39, 0.29) is 25.0 Å². The van der Waals surface area contributed by atoms with E-state index in [1.165, 1.54) is 38.5 Å². The smallest absolute Gasteiger partial charge is 0.462 e. The fourth-order valence-corrected chi connectivity index (χ4v) is 8.72. The number of carbonyl (C=O) groups is 2. The van der Waals surface area contributed by atoms with E-state index in [2.05, 4.69) is 79.1 Å². The van der Waals surface area contributed by atoms with Gasteiger partial charge in [0.1, 0.15) is 43.2 Å². The van der Waals surface area contributed by atoms with Crippen molar-refractivity contribution in [2.45, 2.75) is 210 Å². The van der Waals surface area contributed by atoms with E-state index in [0.717, 1.165) is 70.6 Å². The molecule has 0 aromatic rings. The lowest BCUT2D eigenvalue weighted by Gasteiger charge is -2.43. The van der Waals surface area contributed by atoms with E-state index in [1.54, 1.807) is 0 Å². The molecule has 0 amide bonds. The van der Waals surface area contributed by atoms with E-state index in [4.69, 9.17) is 23.3 Å². The van der Waals surface area contributed by atoms with Gasteiger partial charge in [-0.25, -0.2) is 9.13 Å². The van der Waals surface area contributed by atoms with Gasteiger partial charge in [0, 0.05) is 12.8 Å². The Morgan fingerprint density at radius 2 is 0.985 bits per heavy atom. The molecule has 0 aromatic carbocycles. The molecule has 1 saturated carbocycles. The van der Waals surface area contributed by atoms with Crippen molar-refractivity contribution >= 4 is 27.6 Å². The van der Waals surface area contributed by atoms with Crippen molar-refractivity contribution in [3.05, 3.63) is 72.9 Å². The number of rotatable bonds is 39. The summed E-state index contributed by atoms with van der Waals surface area (Å²) in [6.45, 7) is 2.97. The first kappa shape index (κ1) is 61.5. The number of phosphoric ester groups is 2. The molecule has 17 nitrogen and oxygen atoms in total. The van der Waals surface area contributed by atoms with Gasteiger partial charge in [0.15, 0.2) is 6.10 Å². The van der Waals surface area contributed by atoms with Gasteiger partial charge in [-0.1, -0.05) is 125 Å². The predicted octanol–water partition coefficient (Wildman–Crippen LogP) is 8.61. The zero-order chi connectivity index (χ0) is 50.0. The average Bonchev–Trinajstić information content (AvgIpc) is 4.05. The summed E-state index contributed by atoms with van der Waals surface area (Å²) in [5.74, 6) is -1.31. The molecule has 0 bridgehead atoms. The monoisotopic (exact) mass is 1000 g/mol. The fraction of sp³-hybridized carbons (Fsp3) is 0.714. The molecule has 19 heteroatoms. The number of allylic oxidation sites excluding steroid dienone is 10. The first-order valence-electron chi connectivity index (χ1n) is 24.6. The van der Waals surface area contributed by atoms with Crippen LogP contribution < -0.4 is 0 Å². The lowest BCUT2D eigenvalue weighted by Crippen LogP contribution is -2.64. The minimum absolute atomic E-state index is 0.000417. The highest BCUT2D eigenvalue weighted by atomic mass is 31.2. The third-order valence-electron chi connectivity index (χ3n) is 11.2. The lowest BCUT2D eigenvalue weighted by molar-refractivity contribution is -0.216. The molecular weight excluding hydrogens is 922 g/mol. The first-order chi connectivity index (χ1) is 32.6. The lowest BCUT2D eigenvalue weighted by atomic mass is 9.85. The van der Waals surface area contributed by atoms with Crippen LogP contribution in [0.3, 0.4) is 0 Å². The Hall–Kier alpha value is -2.60. The van der Waals surface area contributed by atoms with Gasteiger partial charge in [0.25, 0.3) is 0 Å². The minimum atomic E-state index is -5.38. The second-order valence-electron chi connectivity index (χ2n) is 17.2. The Balaban J connectivity index is 1.82. The Labute approximate surface area is 404 Å². The molecule has 390 valence electrons. The van der Waals surface area contributed by atoms with Crippen molar-refractivity contribution in [3.8, 4) is 0 Å². The van der Waals surface area contributed by atoms with Crippen LogP contribution >= 0.6 is 15.6 Å². The van der Waals surface area contributed by atoms with Crippen molar-refractivity contribution in [3.63, 3.8) is 0 Å². The van der Waals surface area contributed by atoms with E-state index in [1.807, 2.05) is 12.2 Å². The standard InChI is InChI=1S/C49H82O17P2/c1-3-5-7-9-11-13-14-15-16-17-18-19-20-22-24-26-32-36-43(51)63-39(38-62-68(59,60)66-49-46(54)44(52)45(53)48(47(49)55)65-67(56,57)58)37-61-42(50)35-31-28-27-30-34-41-40(64-41)33-29-25-23-21-12-10-8-6-4-2/h11-13,15-16,18-19,21,25,27,29-30,39-41,44-49,52-55H,3-10,14,17,20,22-24,26,28,31-38H2,1-2H3,(H,59,60)(H2,56,57,58)/b13-11-,16-15-,19-18-,21-12-,29-25-,30-27-/t39-,40?,41?,44?,45?,46?,47?,48-,49+/m1/s1. The number of phosphoric acid groups is 2. The summed E-state index contributed by atoms with van der Waals surface area (Å²) in [4.78, 5) is 54.4. The van der Waals surface area contributed by atoms with E-state index in [0.29, 0.717) is 19.3 Å². The van der Waals surface area contributed by atoms with Crippen LogP contribution in [0.2, 0.25) is 0 Å². The van der Waals surface area contributed by atoms with Crippen LogP contribution in [0.5, 0.6) is 0 Å². The quantitative estimate of drug-likeness (QED) is 0.00998. The summed E-state index contributed by atoms with van der Waals surface area (Å²) >= 11 is 0. The van der Waals surface area contributed by atoms with E-state index in [9.17, 15) is 53.8 Å². The summed E-state index contributed by atoms with van der Waals surface area (Å²) < 4.78 is 55.1. The minimum Gasteiger partial charge on any atom is -0.462 e. The van der Waals surface area contributed by atoms with Crippen molar-refractivity contribution in [2.24, 2.45) is 0 Å². The SMILES string of the molecule is CCCCC/C=C\C/C=C\C/C=C\CCCCCCC(=O)O[C@H](COC(=O)CCC/C=C\CC1OC1C/C=C\C/C=C\CCCCC)COP(=O)(O)O[C@H]1C(O)C(O)C(O)[C@@H](OP(=O)(O)O)C1O. The maximum Gasteiger partial charge on any atom is 0.472 e. The van der Waals surface area contributed by atoms with Crippen LogP contribution in [-0.2, 0) is 46.5 Å². The number of carbonyl (C=O) groups excluding carboxylic acids is 2. The maximum absolute atomic E-state index is 13.0. The van der Waals surface area contributed by atoms with Crippen LogP contribution in [0.1, 0.15) is 155 Å². The van der Waals surface area contributed by atoms with Crippen molar-refractivity contribution in [2.75, 3.05) is 13.2 Å². The van der Waals surface area contributed by atoms with Gasteiger partial charge in [-0.2, -0.15) is 0 Å². The van der Waals surface area contributed by atoms with E-state index < -0.39 is 83.5 Å². The molecule has 7 N–H and O–H groups in total. The van der Waals surface area contributed by atoms with E-state index >= 15 is 0 Å². The number of aliphatic hydroxyl groups excluding tert-OH is 4. The molecule has 2 rings (SSSR count). The summed E-state index contributed by atoms with van der Waals surface area (Å²) in [7, 11) is -10.7. The third-order valence-corrected chi connectivity index (χ3v) is 12.7. The molecule has 7 unspecified atom stereocenters. The summed E-state index contributed by atoms with van der Waals surface area (Å²) in [6.07, 6.45) is 30.2. The van der Waals surface area contributed by atoms with Crippen LogP contribution in [-0.4, -0.2) is 115 Å². The highest BCUT2D eigenvalue weighted by Crippen LogP contribution is 2.49. The largest absolute Gasteiger partial charge is 0.472 e. The summed E-state index contributed by atoms with van der Waals surface area (Å²) in [5.41, 5.74) is 0. The topological polar surface area (TPSA) is 269 Å². The number of aliphatic hydroxyl groups is 4. The fourth-order valence-electron chi connectivity index (χ4n) is 7.18. The van der Waals surface area contributed by atoms with Crippen molar-refractivity contribution < 1.29 is 81.6 Å². The number of hydrogen-bond donors (Lipinski definition) is 7. The zero-order valence-corrected chi connectivity index (χ0v) is 42.0. The van der Waals surface area contributed by atoms with Crippen LogP contribution in [0.25, 0.3) is 0 Å². The maximum atomic E-state index is 13.0. The molecule has 1 aliphatic carbocycles. The van der Waals surface area contributed by atoms with Crippen LogP contribution in [0.4, 0.5) is 0 Å². The molecule has 2 fully saturated rings. The molecule has 10 atom stereocenters. The van der Waals surface area contributed by atoms with Gasteiger partial charge in [0.05, 0.1) is 18.8 Å². The Kier molecular flexibility index (Phi) is 32.9. The molecule has 68 heavy (non-hydrogen) atoms. The van der Waals surface area contributed by atoms with Crippen molar-refractivity contribution in [1.29, 1.82) is 0 Å². The Morgan fingerprint density at radius 1 is 0.529 bits per heavy atom. The van der Waals surface area contributed by atoms with Gasteiger partial charge < -0.3 is 49.3 Å². The van der Waals surface area contributed by atoms with Gasteiger partial charge in [0.2, 0.25) is 0 Å². The average molecular weight is 1010 g/mol. The van der Waals surface area contributed by atoms with Gasteiger partial charge in [-0.3, -0.25) is 23.2 Å². The number of hydrogen-bond acceptors (Lipinski definition) is 14. The van der Waals surface area contributed by atoms with Crippen LogP contribution in [0, 0.1) is 0 Å². The highest BCUT2D eigenvalue weighted by Gasteiger charge is 2.54. The molecular formula is C49H82O17P2. The molecule has 1 saturated heterocycles. The molecule has 2 aliphatic rings. The van der Waals surface area contributed by atoms with Gasteiger partial charge >= 0.3 is 27.6 Å². The number of esters is 2. The molecule has 0 aromatic heterocycles. The summed E-state index contributed by atoms with van der Waals surface area (Å²) in [5, 5.41) is 41.3. The zero-order valence-electron chi connectivity index (χ0n) is 40.2.